The highest BCUT2D eigenvalue weighted by Crippen LogP contribution is 2.31. The topological polar surface area (TPSA) is 144 Å². The van der Waals surface area contributed by atoms with Gasteiger partial charge in [-0.15, -0.1) is 11.3 Å². The molecule has 1 aliphatic heterocycles. The molecule has 4 rings (SSSR count). The Morgan fingerprint density at radius 3 is 2.49 bits per heavy atom. The lowest BCUT2D eigenvalue weighted by Gasteiger charge is -2.19. The number of Topliss-reactive ketones (excluding diaryl/α,β-unsaturated/α-hetero) is 1. The molecule has 3 aromatic rings. The fourth-order valence-corrected chi connectivity index (χ4v) is 5.18. The van der Waals surface area contributed by atoms with Crippen LogP contribution in [0.1, 0.15) is 52.4 Å². The van der Waals surface area contributed by atoms with Crippen molar-refractivity contribution >= 4 is 39.0 Å². The summed E-state index contributed by atoms with van der Waals surface area (Å²) in [6, 6.07) is 11.0. The van der Waals surface area contributed by atoms with Crippen LogP contribution >= 0.6 is 11.3 Å². The monoisotopic (exact) mass is 545 g/mol. The molecule has 0 radical (unpaired) electrons. The molecule has 1 amide bonds. The summed E-state index contributed by atoms with van der Waals surface area (Å²) in [6.07, 6.45) is 1.21. The Kier molecular flexibility index (Phi) is 8.41. The molecule has 0 bridgehead atoms. The molecule has 0 fully saturated rings. The number of amides is 1. The van der Waals surface area contributed by atoms with E-state index in [2.05, 4.69) is 10.3 Å². The van der Waals surface area contributed by atoms with Gasteiger partial charge >= 0.3 is 10.3 Å². The van der Waals surface area contributed by atoms with Crippen LogP contribution in [0.2, 0.25) is 0 Å². The average molecular weight is 546 g/mol. The van der Waals surface area contributed by atoms with Gasteiger partial charge in [0.25, 0.3) is 0 Å². The second-order valence-corrected chi connectivity index (χ2v) is 10.5. The molecule has 1 unspecified atom stereocenters. The Hall–Kier alpha value is -3.48. The molecule has 1 atom stereocenters. The van der Waals surface area contributed by atoms with Crippen molar-refractivity contribution in [1.82, 2.24) is 10.3 Å². The van der Waals surface area contributed by atoms with Gasteiger partial charge in [-0.05, 0) is 48.7 Å². The van der Waals surface area contributed by atoms with E-state index < -0.39 is 16.3 Å². The van der Waals surface area contributed by atoms with Crippen LogP contribution in [0.25, 0.3) is 0 Å². The van der Waals surface area contributed by atoms with Crippen LogP contribution in [0.4, 0.5) is 5.69 Å². The standard InChI is InChI=1S/C25H27N3O7S2/c1-2-18-15-36-25(26-18)20(13-16-3-6-19(7-4-16)28-37(31,32)33)27-24(30)10-8-21(29)17-5-9-22-23(14-17)35-12-11-34-22/h3-7,9,14-15,20,28H,2,8,10-13H2,1H3,(H,27,30)(H,31,32,33). The first kappa shape index (κ1) is 26.6. The van der Waals surface area contributed by atoms with Gasteiger partial charge in [0.15, 0.2) is 17.3 Å². The van der Waals surface area contributed by atoms with Gasteiger partial charge in [-0.2, -0.15) is 8.42 Å². The Morgan fingerprint density at radius 2 is 1.81 bits per heavy atom. The number of aromatic nitrogens is 1. The third-order valence-corrected chi connectivity index (χ3v) is 7.15. The minimum absolute atomic E-state index is 0.00695. The van der Waals surface area contributed by atoms with Crippen molar-refractivity contribution < 1.29 is 32.0 Å². The molecule has 1 aromatic heterocycles. The van der Waals surface area contributed by atoms with Crippen molar-refractivity contribution in [3.63, 3.8) is 0 Å². The van der Waals surface area contributed by atoms with Crippen LogP contribution in [-0.4, -0.2) is 42.9 Å². The Bertz CT molecular complexity index is 1370. The number of rotatable bonds is 11. The van der Waals surface area contributed by atoms with Crippen LogP contribution in [0.5, 0.6) is 11.5 Å². The van der Waals surface area contributed by atoms with Gasteiger partial charge in [0, 0.05) is 23.8 Å². The van der Waals surface area contributed by atoms with Crippen molar-refractivity contribution in [2.24, 2.45) is 0 Å². The summed E-state index contributed by atoms with van der Waals surface area (Å²) in [7, 11) is -4.37. The van der Waals surface area contributed by atoms with Crippen molar-refractivity contribution in [3.05, 3.63) is 69.7 Å². The number of anilines is 1. The summed E-state index contributed by atoms with van der Waals surface area (Å²) >= 11 is 1.45. The molecule has 0 saturated carbocycles. The summed E-state index contributed by atoms with van der Waals surface area (Å²) in [5.74, 6) is 0.664. The molecule has 10 nitrogen and oxygen atoms in total. The fourth-order valence-electron chi connectivity index (χ4n) is 3.79. The van der Waals surface area contributed by atoms with Crippen molar-refractivity contribution in [2.75, 3.05) is 17.9 Å². The summed E-state index contributed by atoms with van der Waals surface area (Å²) < 4.78 is 44.0. The number of nitrogens with one attached hydrogen (secondary N) is 2. The van der Waals surface area contributed by atoms with E-state index in [1.54, 1.807) is 30.3 Å². The highest BCUT2D eigenvalue weighted by molar-refractivity contribution is 7.87. The Balaban J connectivity index is 1.40. The zero-order valence-electron chi connectivity index (χ0n) is 20.1. The summed E-state index contributed by atoms with van der Waals surface area (Å²) in [4.78, 5) is 30.2. The quantitative estimate of drug-likeness (QED) is 0.244. The van der Waals surface area contributed by atoms with E-state index in [0.717, 1.165) is 22.7 Å². The number of nitrogens with zero attached hydrogens (tertiary/aromatic N) is 1. The van der Waals surface area contributed by atoms with Crippen molar-refractivity contribution in [3.8, 4) is 11.5 Å². The predicted molar refractivity (Wildman–Crippen MR) is 139 cm³/mol. The lowest BCUT2D eigenvalue weighted by atomic mass is 10.0. The minimum Gasteiger partial charge on any atom is -0.486 e. The van der Waals surface area contributed by atoms with Crippen molar-refractivity contribution in [1.29, 1.82) is 0 Å². The lowest BCUT2D eigenvalue weighted by molar-refractivity contribution is -0.121. The second-order valence-electron chi connectivity index (χ2n) is 8.41. The predicted octanol–water partition coefficient (Wildman–Crippen LogP) is 3.75. The largest absolute Gasteiger partial charge is 0.486 e. The molecule has 2 heterocycles. The first-order chi connectivity index (χ1) is 17.7. The van der Waals surface area contributed by atoms with E-state index in [1.807, 2.05) is 17.0 Å². The summed E-state index contributed by atoms with van der Waals surface area (Å²) in [6.45, 7) is 2.88. The Labute approximate surface area is 218 Å². The van der Waals surface area contributed by atoms with Gasteiger partial charge in [0.05, 0.1) is 17.4 Å². The van der Waals surface area contributed by atoms with Gasteiger partial charge in [0.1, 0.15) is 18.2 Å². The maximum Gasteiger partial charge on any atom is 0.357 e. The number of thiazole rings is 1. The zero-order valence-corrected chi connectivity index (χ0v) is 21.7. The molecule has 0 aliphatic carbocycles. The number of carbonyl (C=O) groups is 2. The number of carbonyl (C=O) groups excluding carboxylic acids is 2. The zero-order chi connectivity index (χ0) is 26.4. The number of hydrogen-bond donors (Lipinski definition) is 3. The highest BCUT2D eigenvalue weighted by atomic mass is 32.2. The van der Waals surface area contributed by atoms with Gasteiger partial charge in [-0.3, -0.25) is 18.9 Å². The molecule has 0 saturated heterocycles. The average Bonchev–Trinajstić information content (AvgIpc) is 3.36. The highest BCUT2D eigenvalue weighted by Gasteiger charge is 2.21. The van der Waals surface area contributed by atoms with Crippen LogP contribution in [0.15, 0.2) is 47.8 Å². The van der Waals surface area contributed by atoms with E-state index in [4.69, 9.17) is 14.0 Å². The van der Waals surface area contributed by atoms with Gasteiger partial charge < -0.3 is 14.8 Å². The second kappa shape index (κ2) is 11.7. The third kappa shape index (κ3) is 7.51. The van der Waals surface area contributed by atoms with Crippen LogP contribution in [0, 0.1) is 0 Å². The molecule has 3 N–H and O–H groups in total. The fraction of sp³-hybridized carbons (Fsp3) is 0.320. The number of fused-ring (bicyclic) bond motifs is 1. The van der Waals surface area contributed by atoms with Crippen LogP contribution in [-0.2, 0) is 27.9 Å². The molecular formula is C25H27N3O7S2. The maximum atomic E-state index is 12.8. The molecule has 37 heavy (non-hydrogen) atoms. The van der Waals surface area contributed by atoms with E-state index in [0.29, 0.717) is 36.7 Å². The van der Waals surface area contributed by atoms with E-state index in [1.165, 1.54) is 23.5 Å². The number of hydrogen-bond acceptors (Lipinski definition) is 8. The van der Waals surface area contributed by atoms with E-state index >= 15 is 0 Å². The normalized spacial score (nSPS) is 13.6. The maximum absolute atomic E-state index is 12.8. The molecule has 1 aliphatic rings. The van der Waals surface area contributed by atoms with Crippen LogP contribution in [0.3, 0.4) is 0 Å². The Morgan fingerprint density at radius 1 is 1.08 bits per heavy atom. The first-order valence-electron chi connectivity index (χ1n) is 11.7. The van der Waals surface area contributed by atoms with Gasteiger partial charge in [0.2, 0.25) is 5.91 Å². The van der Waals surface area contributed by atoms with Gasteiger partial charge in [-0.25, -0.2) is 4.98 Å². The minimum atomic E-state index is -4.37. The van der Waals surface area contributed by atoms with E-state index in [9.17, 15) is 18.0 Å². The number of aryl methyl sites for hydroxylation is 1. The molecule has 0 spiro atoms. The summed E-state index contributed by atoms with van der Waals surface area (Å²) in [5.41, 5.74) is 2.42. The SMILES string of the molecule is CCc1csc(C(Cc2ccc(NS(=O)(=O)O)cc2)NC(=O)CCC(=O)c2ccc3c(c2)OCCO3)n1. The number of benzene rings is 2. The number of ketones is 1. The van der Waals surface area contributed by atoms with E-state index in [-0.39, 0.29) is 30.2 Å². The lowest BCUT2D eigenvalue weighted by Crippen LogP contribution is -2.30. The third-order valence-electron chi connectivity index (χ3n) is 5.65. The number of ether oxygens (including phenoxy) is 2. The summed E-state index contributed by atoms with van der Waals surface area (Å²) in [5, 5.41) is 5.67. The van der Waals surface area contributed by atoms with Crippen LogP contribution < -0.4 is 19.5 Å². The molecule has 196 valence electrons. The van der Waals surface area contributed by atoms with Crippen molar-refractivity contribution in [2.45, 2.75) is 38.6 Å². The molecular weight excluding hydrogens is 518 g/mol. The van der Waals surface area contributed by atoms with Gasteiger partial charge in [-0.1, -0.05) is 19.1 Å². The first-order valence-corrected chi connectivity index (χ1v) is 14.0. The smallest absolute Gasteiger partial charge is 0.357 e. The molecule has 2 aromatic carbocycles. The molecule has 12 heteroatoms.